The van der Waals surface area contributed by atoms with Crippen molar-refractivity contribution in [2.45, 2.75) is 6.04 Å². The molecule has 1 rings (SSSR count). The SMILES string of the molecule is COc1ccc(NC(=O)N[C@@H](CO)C(=O)O)cc1. The largest absolute Gasteiger partial charge is 0.497 e. The van der Waals surface area contributed by atoms with Crippen molar-refractivity contribution in [2.75, 3.05) is 19.0 Å². The lowest BCUT2D eigenvalue weighted by atomic mass is 10.3. The molecule has 0 radical (unpaired) electrons. The van der Waals surface area contributed by atoms with Gasteiger partial charge in [0.25, 0.3) is 0 Å². The minimum atomic E-state index is -1.33. The van der Waals surface area contributed by atoms with Gasteiger partial charge in [0.2, 0.25) is 0 Å². The minimum Gasteiger partial charge on any atom is -0.497 e. The second kappa shape index (κ2) is 6.45. The van der Waals surface area contributed by atoms with Crippen LogP contribution in [0.5, 0.6) is 5.75 Å². The van der Waals surface area contributed by atoms with E-state index < -0.39 is 24.6 Å². The maximum Gasteiger partial charge on any atom is 0.328 e. The average molecular weight is 254 g/mol. The van der Waals surface area contributed by atoms with Crippen molar-refractivity contribution >= 4 is 17.7 Å². The van der Waals surface area contributed by atoms with Gasteiger partial charge in [-0.1, -0.05) is 0 Å². The summed E-state index contributed by atoms with van der Waals surface area (Å²) in [5.74, 6) is -0.665. The number of carboxylic acid groups (broad SMARTS) is 1. The quantitative estimate of drug-likeness (QED) is 0.603. The molecule has 4 N–H and O–H groups in total. The fourth-order valence-corrected chi connectivity index (χ4v) is 1.19. The number of carboxylic acids is 1. The van der Waals surface area contributed by atoms with Gasteiger partial charge < -0.3 is 25.6 Å². The topological polar surface area (TPSA) is 108 Å². The normalized spacial score (nSPS) is 11.4. The first-order chi connectivity index (χ1) is 8.56. The summed E-state index contributed by atoms with van der Waals surface area (Å²) in [5, 5.41) is 21.9. The van der Waals surface area contributed by atoms with Crippen LogP contribution in [0.1, 0.15) is 0 Å². The number of methoxy groups -OCH3 is 1. The Morgan fingerprint density at radius 3 is 2.39 bits per heavy atom. The molecule has 0 spiro atoms. The second-order valence-corrected chi connectivity index (χ2v) is 3.40. The summed E-state index contributed by atoms with van der Waals surface area (Å²) in [6, 6.07) is 4.47. The van der Waals surface area contributed by atoms with Crippen LogP contribution in [0.4, 0.5) is 10.5 Å². The van der Waals surface area contributed by atoms with E-state index in [1.165, 1.54) is 7.11 Å². The van der Waals surface area contributed by atoms with Gasteiger partial charge in [0.15, 0.2) is 6.04 Å². The molecule has 0 saturated carbocycles. The molecule has 0 aromatic heterocycles. The third kappa shape index (κ3) is 3.95. The minimum absolute atomic E-state index is 0.482. The highest BCUT2D eigenvalue weighted by Crippen LogP contribution is 2.14. The molecule has 0 aliphatic rings. The number of ether oxygens (including phenoxy) is 1. The molecule has 18 heavy (non-hydrogen) atoms. The van der Waals surface area contributed by atoms with Crippen LogP contribution in [0.3, 0.4) is 0 Å². The Balaban J connectivity index is 2.55. The van der Waals surface area contributed by atoms with E-state index in [4.69, 9.17) is 14.9 Å². The molecule has 2 amide bonds. The third-order valence-corrected chi connectivity index (χ3v) is 2.13. The number of nitrogens with one attached hydrogen (secondary N) is 2. The first-order valence-electron chi connectivity index (χ1n) is 5.12. The monoisotopic (exact) mass is 254 g/mol. The predicted molar refractivity (Wildman–Crippen MR) is 63.7 cm³/mol. The highest BCUT2D eigenvalue weighted by Gasteiger charge is 2.18. The smallest absolute Gasteiger partial charge is 0.328 e. The number of amides is 2. The van der Waals surface area contributed by atoms with Gasteiger partial charge >= 0.3 is 12.0 Å². The maximum absolute atomic E-state index is 11.4. The third-order valence-electron chi connectivity index (χ3n) is 2.13. The Hall–Kier alpha value is -2.28. The van der Waals surface area contributed by atoms with Gasteiger partial charge in [-0.25, -0.2) is 9.59 Å². The number of rotatable bonds is 5. The van der Waals surface area contributed by atoms with Gasteiger partial charge in [0.05, 0.1) is 13.7 Å². The number of anilines is 1. The van der Waals surface area contributed by atoms with Crippen LogP contribution in [-0.2, 0) is 4.79 Å². The summed E-state index contributed by atoms with van der Waals surface area (Å²) in [7, 11) is 1.52. The number of hydrogen-bond donors (Lipinski definition) is 4. The zero-order valence-corrected chi connectivity index (χ0v) is 9.71. The van der Waals surface area contributed by atoms with Gasteiger partial charge in [0.1, 0.15) is 5.75 Å². The number of carbonyl (C=O) groups is 2. The molecular formula is C11H14N2O5. The van der Waals surface area contributed by atoms with Crippen LogP contribution in [-0.4, -0.2) is 42.0 Å². The van der Waals surface area contributed by atoms with E-state index in [9.17, 15) is 9.59 Å². The summed E-state index contributed by atoms with van der Waals surface area (Å²) >= 11 is 0. The number of hydrogen-bond acceptors (Lipinski definition) is 4. The second-order valence-electron chi connectivity index (χ2n) is 3.40. The predicted octanol–water partition coefficient (Wildman–Crippen LogP) is 0.262. The van der Waals surface area contributed by atoms with E-state index in [-0.39, 0.29) is 0 Å². The summed E-state index contributed by atoms with van der Waals surface area (Å²) in [6.45, 7) is -0.675. The number of aliphatic hydroxyl groups excluding tert-OH is 1. The van der Waals surface area contributed by atoms with Gasteiger partial charge in [-0.3, -0.25) is 0 Å². The zero-order valence-electron chi connectivity index (χ0n) is 9.71. The molecule has 98 valence electrons. The summed E-state index contributed by atoms with van der Waals surface area (Å²) in [5.41, 5.74) is 0.482. The van der Waals surface area contributed by atoms with Crippen molar-refractivity contribution < 1.29 is 24.5 Å². The molecule has 0 saturated heterocycles. The molecule has 1 aromatic rings. The van der Waals surface area contributed by atoms with Crippen LogP contribution in [0.25, 0.3) is 0 Å². The Bertz CT molecular complexity index is 418. The highest BCUT2D eigenvalue weighted by atomic mass is 16.5. The van der Waals surface area contributed by atoms with Crippen molar-refractivity contribution in [3.8, 4) is 5.75 Å². The Morgan fingerprint density at radius 2 is 1.94 bits per heavy atom. The lowest BCUT2D eigenvalue weighted by Gasteiger charge is -2.12. The van der Waals surface area contributed by atoms with E-state index in [1.807, 2.05) is 0 Å². The molecule has 0 fully saturated rings. The molecule has 0 aliphatic heterocycles. The van der Waals surface area contributed by atoms with E-state index in [0.29, 0.717) is 11.4 Å². The Morgan fingerprint density at radius 1 is 1.33 bits per heavy atom. The number of aliphatic carboxylic acids is 1. The summed E-state index contributed by atoms with van der Waals surface area (Å²) in [4.78, 5) is 22.0. The fourth-order valence-electron chi connectivity index (χ4n) is 1.19. The van der Waals surface area contributed by atoms with E-state index in [1.54, 1.807) is 24.3 Å². The number of benzene rings is 1. The first-order valence-corrected chi connectivity index (χ1v) is 5.12. The van der Waals surface area contributed by atoms with E-state index in [2.05, 4.69) is 10.6 Å². The molecule has 7 nitrogen and oxygen atoms in total. The molecule has 0 bridgehead atoms. The van der Waals surface area contributed by atoms with E-state index in [0.717, 1.165) is 0 Å². The highest BCUT2D eigenvalue weighted by molar-refractivity contribution is 5.92. The molecule has 0 aliphatic carbocycles. The lowest BCUT2D eigenvalue weighted by molar-refractivity contribution is -0.140. The van der Waals surface area contributed by atoms with Crippen LogP contribution in [0, 0.1) is 0 Å². The molecule has 0 unspecified atom stereocenters. The lowest BCUT2D eigenvalue weighted by Crippen LogP contribution is -2.45. The molecular weight excluding hydrogens is 240 g/mol. The van der Waals surface area contributed by atoms with Gasteiger partial charge in [0, 0.05) is 5.69 Å². The fraction of sp³-hybridized carbons (Fsp3) is 0.273. The van der Waals surface area contributed by atoms with Crippen LogP contribution in [0.15, 0.2) is 24.3 Å². The molecule has 1 aromatic carbocycles. The summed E-state index contributed by atoms with van der Waals surface area (Å²) < 4.78 is 4.95. The zero-order chi connectivity index (χ0) is 13.5. The standard InChI is InChI=1S/C11H14N2O5/c1-18-8-4-2-7(3-5-8)12-11(17)13-9(6-14)10(15)16/h2-5,9,14H,6H2,1H3,(H,15,16)(H2,12,13,17)/t9-/m0/s1. The molecule has 1 atom stereocenters. The Labute approximate surface area is 103 Å². The molecule has 0 heterocycles. The Kier molecular flexibility index (Phi) is 4.94. The van der Waals surface area contributed by atoms with Gasteiger partial charge in [-0.05, 0) is 24.3 Å². The van der Waals surface area contributed by atoms with E-state index >= 15 is 0 Å². The number of carbonyl (C=O) groups excluding carboxylic acids is 1. The average Bonchev–Trinajstić information content (AvgIpc) is 2.36. The van der Waals surface area contributed by atoms with Crippen LogP contribution in [0.2, 0.25) is 0 Å². The van der Waals surface area contributed by atoms with Crippen LogP contribution >= 0.6 is 0 Å². The molecule has 7 heteroatoms. The van der Waals surface area contributed by atoms with Gasteiger partial charge in [-0.15, -0.1) is 0 Å². The van der Waals surface area contributed by atoms with Crippen LogP contribution < -0.4 is 15.4 Å². The summed E-state index contributed by atoms with van der Waals surface area (Å²) in [6.07, 6.45) is 0. The van der Waals surface area contributed by atoms with Crippen molar-refractivity contribution in [1.29, 1.82) is 0 Å². The first kappa shape index (κ1) is 13.8. The van der Waals surface area contributed by atoms with Crippen molar-refractivity contribution in [3.05, 3.63) is 24.3 Å². The maximum atomic E-state index is 11.4. The van der Waals surface area contributed by atoms with Crippen molar-refractivity contribution in [3.63, 3.8) is 0 Å². The van der Waals surface area contributed by atoms with Crippen molar-refractivity contribution in [1.82, 2.24) is 5.32 Å². The number of aliphatic hydroxyl groups is 1. The van der Waals surface area contributed by atoms with Gasteiger partial charge in [-0.2, -0.15) is 0 Å². The number of urea groups is 1. The van der Waals surface area contributed by atoms with Crippen molar-refractivity contribution in [2.24, 2.45) is 0 Å².